The molecule has 0 aromatic rings. The molecule has 2 rings (SSSR count). The van der Waals surface area contributed by atoms with Gasteiger partial charge in [-0.3, -0.25) is 4.79 Å². The van der Waals surface area contributed by atoms with E-state index in [1.54, 1.807) is 0 Å². The minimum Gasteiger partial charge on any atom is -0.353 e. The first-order chi connectivity index (χ1) is 7.75. The SMILES string of the molecule is CC1CCCC(NC(=O)C2CCCNC2)C1. The summed E-state index contributed by atoms with van der Waals surface area (Å²) in [5, 5.41) is 6.54. The lowest BCUT2D eigenvalue weighted by atomic mass is 9.86. The smallest absolute Gasteiger partial charge is 0.224 e. The summed E-state index contributed by atoms with van der Waals surface area (Å²) >= 11 is 0. The van der Waals surface area contributed by atoms with Crippen LogP contribution in [-0.2, 0) is 4.79 Å². The molecule has 3 atom stereocenters. The van der Waals surface area contributed by atoms with Crippen molar-refractivity contribution in [3.05, 3.63) is 0 Å². The predicted octanol–water partition coefficient (Wildman–Crippen LogP) is 1.68. The topological polar surface area (TPSA) is 41.1 Å². The molecule has 3 heteroatoms. The van der Waals surface area contributed by atoms with E-state index >= 15 is 0 Å². The average Bonchev–Trinajstić information content (AvgIpc) is 2.30. The van der Waals surface area contributed by atoms with E-state index in [-0.39, 0.29) is 11.8 Å². The summed E-state index contributed by atoms with van der Waals surface area (Å²) in [6.07, 6.45) is 7.15. The molecule has 92 valence electrons. The Hall–Kier alpha value is -0.570. The minimum atomic E-state index is 0.214. The van der Waals surface area contributed by atoms with Crippen LogP contribution in [0, 0.1) is 11.8 Å². The van der Waals surface area contributed by atoms with E-state index in [1.807, 2.05) is 0 Å². The summed E-state index contributed by atoms with van der Waals surface area (Å²) in [4.78, 5) is 12.0. The van der Waals surface area contributed by atoms with E-state index in [1.165, 1.54) is 25.7 Å². The van der Waals surface area contributed by atoms with Gasteiger partial charge in [-0.2, -0.15) is 0 Å². The van der Waals surface area contributed by atoms with Crippen molar-refractivity contribution in [2.75, 3.05) is 13.1 Å². The minimum absolute atomic E-state index is 0.214. The van der Waals surface area contributed by atoms with E-state index in [0.29, 0.717) is 6.04 Å². The Bertz CT molecular complexity index is 236. The fourth-order valence-electron chi connectivity index (χ4n) is 2.96. The van der Waals surface area contributed by atoms with Crippen LogP contribution in [0.15, 0.2) is 0 Å². The van der Waals surface area contributed by atoms with Gasteiger partial charge in [0, 0.05) is 12.6 Å². The van der Waals surface area contributed by atoms with Crippen LogP contribution in [0.3, 0.4) is 0 Å². The molecule has 1 heterocycles. The van der Waals surface area contributed by atoms with E-state index in [2.05, 4.69) is 17.6 Å². The highest BCUT2D eigenvalue weighted by Crippen LogP contribution is 2.24. The molecular weight excluding hydrogens is 200 g/mol. The summed E-state index contributed by atoms with van der Waals surface area (Å²) in [5.41, 5.74) is 0. The average molecular weight is 224 g/mol. The molecule has 1 saturated heterocycles. The normalized spacial score (nSPS) is 35.7. The van der Waals surface area contributed by atoms with Crippen LogP contribution < -0.4 is 10.6 Å². The maximum Gasteiger partial charge on any atom is 0.224 e. The van der Waals surface area contributed by atoms with E-state index in [0.717, 1.165) is 31.8 Å². The van der Waals surface area contributed by atoms with Crippen molar-refractivity contribution in [3.8, 4) is 0 Å². The van der Waals surface area contributed by atoms with Gasteiger partial charge < -0.3 is 10.6 Å². The Labute approximate surface area is 98.4 Å². The summed E-state index contributed by atoms with van der Waals surface area (Å²) in [5.74, 6) is 1.28. The number of hydrogen-bond acceptors (Lipinski definition) is 2. The highest BCUT2D eigenvalue weighted by atomic mass is 16.2. The van der Waals surface area contributed by atoms with Crippen LogP contribution in [0.1, 0.15) is 45.4 Å². The van der Waals surface area contributed by atoms with Gasteiger partial charge >= 0.3 is 0 Å². The molecule has 16 heavy (non-hydrogen) atoms. The number of carbonyl (C=O) groups is 1. The van der Waals surface area contributed by atoms with Crippen molar-refractivity contribution in [1.29, 1.82) is 0 Å². The second-order valence-electron chi connectivity index (χ2n) is 5.52. The number of carbonyl (C=O) groups excluding carboxylic acids is 1. The number of rotatable bonds is 2. The Morgan fingerprint density at radius 1 is 1.25 bits per heavy atom. The van der Waals surface area contributed by atoms with Gasteiger partial charge in [-0.25, -0.2) is 0 Å². The highest BCUT2D eigenvalue weighted by molar-refractivity contribution is 5.79. The standard InChI is InChI=1S/C13H24N2O/c1-10-4-2-6-12(8-10)15-13(16)11-5-3-7-14-9-11/h10-12,14H,2-9H2,1H3,(H,15,16). The Kier molecular flexibility index (Phi) is 4.22. The molecule has 1 aliphatic heterocycles. The van der Waals surface area contributed by atoms with E-state index in [9.17, 15) is 4.79 Å². The highest BCUT2D eigenvalue weighted by Gasteiger charge is 2.25. The molecule has 0 aromatic heterocycles. The third-order valence-electron chi connectivity index (χ3n) is 3.95. The number of piperidine rings is 1. The Morgan fingerprint density at radius 2 is 2.12 bits per heavy atom. The molecule has 0 spiro atoms. The maximum atomic E-state index is 12.0. The van der Waals surface area contributed by atoms with Crippen molar-refractivity contribution < 1.29 is 4.79 Å². The lowest BCUT2D eigenvalue weighted by Gasteiger charge is -2.30. The van der Waals surface area contributed by atoms with Crippen molar-refractivity contribution in [2.45, 2.75) is 51.5 Å². The van der Waals surface area contributed by atoms with Crippen molar-refractivity contribution in [3.63, 3.8) is 0 Å². The van der Waals surface area contributed by atoms with Crippen LogP contribution in [0.25, 0.3) is 0 Å². The quantitative estimate of drug-likeness (QED) is 0.749. The summed E-state index contributed by atoms with van der Waals surface area (Å²) in [6, 6.07) is 0.443. The maximum absolute atomic E-state index is 12.0. The fourth-order valence-corrected chi connectivity index (χ4v) is 2.96. The van der Waals surface area contributed by atoms with Gasteiger partial charge in [0.1, 0.15) is 0 Å². The third kappa shape index (κ3) is 3.21. The van der Waals surface area contributed by atoms with Crippen LogP contribution >= 0.6 is 0 Å². The van der Waals surface area contributed by atoms with Crippen LogP contribution in [0.5, 0.6) is 0 Å². The van der Waals surface area contributed by atoms with E-state index < -0.39 is 0 Å². The summed E-state index contributed by atoms with van der Waals surface area (Å²) < 4.78 is 0. The molecular formula is C13H24N2O. The summed E-state index contributed by atoms with van der Waals surface area (Å²) in [6.45, 7) is 4.23. The predicted molar refractivity (Wildman–Crippen MR) is 65.2 cm³/mol. The lowest BCUT2D eigenvalue weighted by Crippen LogP contribution is -2.45. The van der Waals surface area contributed by atoms with Crippen molar-refractivity contribution in [2.24, 2.45) is 11.8 Å². The Balaban J connectivity index is 1.77. The van der Waals surface area contributed by atoms with Crippen molar-refractivity contribution in [1.82, 2.24) is 10.6 Å². The first-order valence-electron chi connectivity index (χ1n) is 6.77. The first-order valence-corrected chi connectivity index (χ1v) is 6.77. The molecule has 1 saturated carbocycles. The number of nitrogens with one attached hydrogen (secondary N) is 2. The van der Waals surface area contributed by atoms with Gasteiger partial charge in [0.05, 0.1) is 5.92 Å². The molecule has 3 unspecified atom stereocenters. The van der Waals surface area contributed by atoms with E-state index in [4.69, 9.17) is 0 Å². The van der Waals surface area contributed by atoms with Gasteiger partial charge in [0.25, 0.3) is 0 Å². The van der Waals surface area contributed by atoms with Gasteiger partial charge in [0.2, 0.25) is 5.91 Å². The molecule has 0 bridgehead atoms. The van der Waals surface area contributed by atoms with Crippen LogP contribution in [0.2, 0.25) is 0 Å². The number of amides is 1. The number of hydrogen-bond donors (Lipinski definition) is 2. The second kappa shape index (κ2) is 5.67. The molecule has 1 aliphatic carbocycles. The molecule has 1 amide bonds. The molecule has 2 N–H and O–H groups in total. The molecule has 3 nitrogen and oxygen atoms in total. The zero-order valence-corrected chi connectivity index (χ0v) is 10.3. The van der Waals surface area contributed by atoms with Gasteiger partial charge in [-0.1, -0.05) is 19.8 Å². The molecule has 2 aliphatic rings. The largest absolute Gasteiger partial charge is 0.353 e. The third-order valence-corrected chi connectivity index (χ3v) is 3.95. The summed E-state index contributed by atoms with van der Waals surface area (Å²) in [7, 11) is 0. The zero-order chi connectivity index (χ0) is 11.4. The van der Waals surface area contributed by atoms with Crippen LogP contribution in [0.4, 0.5) is 0 Å². The molecule has 2 fully saturated rings. The second-order valence-corrected chi connectivity index (χ2v) is 5.52. The lowest BCUT2D eigenvalue weighted by molar-refractivity contribution is -0.126. The van der Waals surface area contributed by atoms with Crippen molar-refractivity contribution >= 4 is 5.91 Å². The van der Waals surface area contributed by atoms with Gasteiger partial charge in [0.15, 0.2) is 0 Å². The molecule has 0 radical (unpaired) electrons. The monoisotopic (exact) mass is 224 g/mol. The van der Waals surface area contributed by atoms with Gasteiger partial charge in [-0.15, -0.1) is 0 Å². The van der Waals surface area contributed by atoms with Crippen LogP contribution in [-0.4, -0.2) is 25.0 Å². The first kappa shape index (κ1) is 11.9. The fraction of sp³-hybridized carbons (Fsp3) is 0.923. The Morgan fingerprint density at radius 3 is 2.81 bits per heavy atom. The molecule has 0 aromatic carbocycles. The van der Waals surface area contributed by atoms with Gasteiger partial charge in [-0.05, 0) is 38.1 Å². The zero-order valence-electron chi connectivity index (χ0n) is 10.3.